The summed E-state index contributed by atoms with van der Waals surface area (Å²) in [5.74, 6) is 6.14. The number of rotatable bonds is 6. The van der Waals surface area contributed by atoms with Crippen molar-refractivity contribution in [2.75, 3.05) is 6.61 Å². The maximum absolute atomic E-state index is 5.57. The Morgan fingerprint density at radius 2 is 2.50 bits per heavy atom. The van der Waals surface area contributed by atoms with Crippen molar-refractivity contribution in [2.24, 2.45) is 11.8 Å². The highest BCUT2D eigenvalue weighted by Gasteiger charge is 2.30. The number of unbranched alkanes of at least 4 members (excludes halogenated alkanes) is 1. The van der Waals surface area contributed by atoms with Crippen LogP contribution in [0, 0.1) is 5.92 Å². The van der Waals surface area contributed by atoms with E-state index >= 15 is 0 Å². The first-order chi connectivity index (χ1) is 6.79. The summed E-state index contributed by atoms with van der Waals surface area (Å²) in [6.45, 7) is 6.73. The van der Waals surface area contributed by atoms with Gasteiger partial charge in [-0.2, -0.15) is 0 Å². The fraction of sp³-hybridized carbons (Fsp3) is 0.818. The van der Waals surface area contributed by atoms with Gasteiger partial charge in [0.2, 0.25) is 0 Å². The minimum Gasteiger partial charge on any atom is -0.378 e. The van der Waals surface area contributed by atoms with Gasteiger partial charge in [0.05, 0.1) is 6.10 Å². The molecule has 0 aromatic heterocycles. The Bertz CT molecular complexity index is 173. The zero-order valence-electron chi connectivity index (χ0n) is 9.04. The normalized spacial score (nSPS) is 29.0. The molecule has 1 heterocycles. The Hall–Kier alpha value is -0.380. The zero-order valence-corrected chi connectivity index (χ0v) is 9.04. The monoisotopic (exact) mass is 198 g/mol. The lowest BCUT2D eigenvalue weighted by molar-refractivity contribution is 0.0940. The van der Waals surface area contributed by atoms with Gasteiger partial charge in [-0.15, -0.1) is 6.58 Å². The Morgan fingerprint density at radius 3 is 3.00 bits per heavy atom. The van der Waals surface area contributed by atoms with Crippen molar-refractivity contribution < 1.29 is 4.74 Å². The van der Waals surface area contributed by atoms with Gasteiger partial charge in [-0.25, -0.2) is 0 Å². The fourth-order valence-corrected chi connectivity index (χ4v) is 2.18. The molecule has 0 aliphatic carbocycles. The first kappa shape index (κ1) is 11.7. The molecule has 0 radical (unpaired) electrons. The van der Waals surface area contributed by atoms with Crippen molar-refractivity contribution in [1.29, 1.82) is 0 Å². The smallest absolute Gasteiger partial charge is 0.0591 e. The number of hydrogen-bond acceptors (Lipinski definition) is 3. The number of ether oxygens (including phenoxy) is 1. The molecule has 1 fully saturated rings. The van der Waals surface area contributed by atoms with Gasteiger partial charge in [0, 0.05) is 18.6 Å². The van der Waals surface area contributed by atoms with E-state index in [1.54, 1.807) is 0 Å². The van der Waals surface area contributed by atoms with Crippen molar-refractivity contribution in [3.05, 3.63) is 12.7 Å². The van der Waals surface area contributed by atoms with Crippen LogP contribution in [0.15, 0.2) is 12.7 Å². The van der Waals surface area contributed by atoms with Crippen LogP contribution in [0.2, 0.25) is 0 Å². The molecule has 1 aliphatic heterocycles. The number of nitrogens with two attached hydrogens (primary N) is 1. The lowest BCUT2D eigenvalue weighted by Gasteiger charge is -2.24. The molecule has 14 heavy (non-hydrogen) atoms. The third-order valence-corrected chi connectivity index (χ3v) is 3.09. The molecule has 0 spiro atoms. The van der Waals surface area contributed by atoms with Crippen LogP contribution >= 0.6 is 0 Å². The first-order valence-electron chi connectivity index (χ1n) is 5.48. The molecule has 3 unspecified atom stereocenters. The third kappa shape index (κ3) is 3.08. The Labute approximate surface area is 86.7 Å². The van der Waals surface area contributed by atoms with Gasteiger partial charge in [0.15, 0.2) is 0 Å². The molecule has 1 rings (SSSR count). The molecule has 0 aromatic carbocycles. The van der Waals surface area contributed by atoms with E-state index in [1.165, 1.54) is 0 Å². The van der Waals surface area contributed by atoms with Gasteiger partial charge in [0.1, 0.15) is 0 Å². The summed E-state index contributed by atoms with van der Waals surface area (Å²) in [6, 6.07) is 0.396. The lowest BCUT2D eigenvalue weighted by Crippen LogP contribution is -2.43. The highest BCUT2D eigenvalue weighted by molar-refractivity contribution is 4.83. The molecule has 3 atom stereocenters. The molecule has 1 saturated heterocycles. The highest BCUT2D eigenvalue weighted by Crippen LogP contribution is 2.26. The van der Waals surface area contributed by atoms with E-state index in [0.29, 0.717) is 18.1 Å². The zero-order chi connectivity index (χ0) is 10.4. The van der Waals surface area contributed by atoms with E-state index in [4.69, 9.17) is 10.6 Å². The van der Waals surface area contributed by atoms with E-state index in [-0.39, 0.29) is 0 Å². The van der Waals surface area contributed by atoms with Crippen LogP contribution in [0.4, 0.5) is 0 Å². The van der Waals surface area contributed by atoms with Crippen molar-refractivity contribution in [2.45, 2.75) is 44.8 Å². The summed E-state index contributed by atoms with van der Waals surface area (Å²) in [6.07, 6.45) is 6.77. The Kier molecular flexibility index (Phi) is 5.15. The minimum atomic E-state index is 0.347. The summed E-state index contributed by atoms with van der Waals surface area (Å²) in [7, 11) is 0. The molecule has 0 saturated carbocycles. The molecule has 1 aliphatic rings. The van der Waals surface area contributed by atoms with Gasteiger partial charge in [-0.05, 0) is 32.6 Å². The van der Waals surface area contributed by atoms with Crippen molar-refractivity contribution in [1.82, 2.24) is 5.43 Å². The van der Waals surface area contributed by atoms with Crippen LogP contribution in [-0.2, 0) is 4.74 Å². The molecule has 3 nitrogen and oxygen atoms in total. The average Bonchev–Trinajstić information content (AvgIpc) is 2.60. The second-order valence-corrected chi connectivity index (χ2v) is 4.02. The van der Waals surface area contributed by atoms with Gasteiger partial charge >= 0.3 is 0 Å². The van der Waals surface area contributed by atoms with Crippen LogP contribution in [0.25, 0.3) is 0 Å². The molecule has 0 amide bonds. The standard InChI is InChI=1S/C11H22N2O/c1-3-4-5-6-11(13-12)10-7-8-14-9(10)2/h3,9-11,13H,1,4-8,12H2,2H3. The maximum atomic E-state index is 5.57. The summed E-state index contributed by atoms with van der Waals surface area (Å²) < 4.78 is 5.54. The second-order valence-electron chi connectivity index (χ2n) is 4.02. The number of allylic oxidation sites excluding steroid dienone is 1. The SMILES string of the molecule is C=CCCCC(NN)C1CCOC1C. The van der Waals surface area contributed by atoms with Crippen molar-refractivity contribution in [3.8, 4) is 0 Å². The summed E-state index contributed by atoms with van der Waals surface area (Å²) >= 11 is 0. The number of hydrogen-bond donors (Lipinski definition) is 2. The van der Waals surface area contributed by atoms with E-state index < -0.39 is 0 Å². The van der Waals surface area contributed by atoms with Crippen LogP contribution in [0.5, 0.6) is 0 Å². The first-order valence-corrected chi connectivity index (χ1v) is 5.48. The van der Waals surface area contributed by atoms with Gasteiger partial charge in [0.25, 0.3) is 0 Å². The van der Waals surface area contributed by atoms with Crippen LogP contribution in [0.1, 0.15) is 32.6 Å². The van der Waals surface area contributed by atoms with E-state index in [9.17, 15) is 0 Å². The predicted molar refractivity (Wildman–Crippen MR) is 58.7 cm³/mol. The van der Waals surface area contributed by atoms with Gasteiger partial charge in [-0.1, -0.05) is 6.08 Å². The molecular weight excluding hydrogens is 176 g/mol. The average molecular weight is 198 g/mol. The quantitative estimate of drug-likeness (QED) is 0.295. The maximum Gasteiger partial charge on any atom is 0.0591 e. The molecule has 0 bridgehead atoms. The molecule has 3 N–H and O–H groups in total. The number of nitrogens with one attached hydrogen (secondary N) is 1. The second kappa shape index (κ2) is 6.17. The molecule has 3 heteroatoms. The fourth-order valence-electron chi connectivity index (χ4n) is 2.18. The molecule has 82 valence electrons. The van der Waals surface area contributed by atoms with E-state index in [2.05, 4.69) is 18.9 Å². The topological polar surface area (TPSA) is 47.3 Å². The molecular formula is C11H22N2O. The minimum absolute atomic E-state index is 0.347. The Morgan fingerprint density at radius 1 is 1.71 bits per heavy atom. The van der Waals surface area contributed by atoms with Crippen LogP contribution in [0.3, 0.4) is 0 Å². The van der Waals surface area contributed by atoms with E-state index in [1.807, 2.05) is 6.08 Å². The summed E-state index contributed by atoms with van der Waals surface area (Å²) in [5.41, 5.74) is 2.92. The summed E-state index contributed by atoms with van der Waals surface area (Å²) in [4.78, 5) is 0. The highest BCUT2D eigenvalue weighted by atomic mass is 16.5. The van der Waals surface area contributed by atoms with Crippen LogP contribution in [-0.4, -0.2) is 18.8 Å². The Balaban J connectivity index is 2.32. The largest absolute Gasteiger partial charge is 0.378 e. The van der Waals surface area contributed by atoms with Crippen LogP contribution < -0.4 is 11.3 Å². The van der Waals surface area contributed by atoms with Crippen molar-refractivity contribution in [3.63, 3.8) is 0 Å². The third-order valence-electron chi connectivity index (χ3n) is 3.09. The lowest BCUT2D eigenvalue weighted by atomic mass is 9.90. The number of hydrazine groups is 1. The molecule has 0 aromatic rings. The van der Waals surface area contributed by atoms with Crippen molar-refractivity contribution >= 4 is 0 Å². The summed E-state index contributed by atoms with van der Waals surface area (Å²) in [5, 5.41) is 0. The van der Waals surface area contributed by atoms with Gasteiger partial charge in [-0.3, -0.25) is 11.3 Å². The van der Waals surface area contributed by atoms with Gasteiger partial charge < -0.3 is 4.74 Å². The predicted octanol–water partition coefficient (Wildman–Crippen LogP) is 1.60. The van der Waals surface area contributed by atoms with E-state index in [0.717, 1.165) is 32.3 Å².